The summed E-state index contributed by atoms with van der Waals surface area (Å²) in [5, 5.41) is 10.8. The number of carbonyl (C=O) groups is 1. The van der Waals surface area contributed by atoms with E-state index in [1.807, 2.05) is 24.3 Å². The van der Waals surface area contributed by atoms with Crippen molar-refractivity contribution in [2.75, 3.05) is 20.2 Å². The lowest BCUT2D eigenvalue weighted by Crippen LogP contribution is -2.25. The minimum Gasteiger partial charge on any atom is -0.466 e. The summed E-state index contributed by atoms with van der Waals surface area (Å²) in [5.74, 6) is -0.364. The molecule has 1 heterocycles. The molecule has 0 bridgehead atoms. The highest BCUT2D eigenvalue weighted by Gasteiger charge is 2.25. The smallest absolute Gasteiger partial charge is 0.330 e. The van der Waals surface area contributed by atoms with E-state index in [-0.39, 0.29) is 16.6 Å². The van der Waals surface area contributed by atoms with Crippen LogP contribution in [-0.2, 0) is 16.0 Å². The monoisotopic (exact) mass is 380 g/mol. The molecule has 28 heavy (non-hydrogen) atoms. The number of nitrogens with zero attached hydrogens (tertiary/aromatic N) is 2. The van der Waals surface area contributed by atoms with Crippen LogP contribution in [-0.4, -0.2) is 36.0 Å². The van der Waals surface area contributed by atoms with Crippen LogP contribution >= 0.6 is 0 Å². The average Bonchev–Trinajstić information content (AvgIpc) is 3.19. The Bertz CT molecular complexity index is 844. The number of hydrogen-bond acceptors (Lipinski definition) is 5. The fourth-order valence-corrected chi connectivity index (χ4v) is 3.59. The Hall–Kier alpha value is -2.99. The van der Waals surface area contributed by atoms with Crippen molar-refractivity contribution in [2.45, 2.75) is 25.3 Å². The molecule has 3 rings (SSSR count). The highest BCUT2D eigenvalue weighted by atomic mass is 16.6. The van der Waals surface area contributed by atoms with Crippen LogP contribution in [0.15, 0.2) is 54.6 Å². The van der Waals surface area contributed by atoms with Gasteiger partial charge in [0.1, 0.15) is 0 Å². The second kappa shape index (κ2) is 9.28. The minimum atomic E-state index is -0.371. The molecule has 1 aliphatic rings. The molecular formula is C22H24N2O4. The maximum atomic E-state index is 11.2. The number of rotatable bonds is 7. The Morgan fingerprint density at radius 2 is 1.93 bits per heavy atom. The molecule has 1 saturated heterocycles. The third kappa shape index (κ3) is 5.04. The topological polar surface area (TPSA) is 72.7 Å². The lowest BCUT2D eigenvalue weighted by atomic mass is 10.0. The van der Waals surface area contributed by atoms with Gasteiger partial charge in [-0.15, -0.1) is 0 Å². The lowest BCUT2D eigenvalue weighted by molar-refractivity contribution is -0.384. The summed E-state index contributed by atoms with van der Waals surface area (Å²) in [7, 11) is 1.36. The van der Waals surface area contributed by atoms with Gasteiger partial charge in [-0.25, -0.2) is 4.79 Å². The summed E-state index contributed by atoms with van der Waals surface area (Å²) in [6, 6.07) is 15.5. The molecule has 6 nitrogen and oxygen atoms in total. The fraction of sp³-hybridized carbons (Fsp3) is 0.318. The molecular weight excluding hydrogens is 356 g/mol. The number of nitro groups is 1. The quantitative estimate of drug-likeness (QED) is 0.312. The van der Waals surface area contributed by atoms with Crippen molar-refractivity contribution < 1.29 is 14.5 Å². The maximum Gasteiger partial charge on any atom is 0.330 e. The number of esters is 1. The van der Waals surface area contributed by atoms with E-state index in [0.29, 0.717) is 6.04 Å². The van der Waals surface area contributed by atoms with Crippen LogP contribution in [0.1, 0.15) is 35.6 Å². The lowest BCUT2D eigenvalue weighted by Gasteiger charge is -2.25. The van der Waals surface area contributed by atoms with Crippen molar-refractivity contribution in [1.29, 1.82) is 0 Å². The van der Waals surface area contributed by atoms with Gasteiger partial charge in [0.15, 0.2) is 0 Å². The zero-order chi connectivity index (χ0) is 19.9. The molecule has 2 aromatic rings. The number of benzene rings is 2. The zero-order valence-electron chi connectivity index (χ0n) is 15.9. The molecule has 0 unspecified atom stereocenters. The molecule has 0 radical (unpaired) electrons. The predicted molar refractivity (Wildman–Crippen MR) is 108 cm³/mol. The molecule has 0 N–H and O–H groups in total. The van der Waals surface area contributed by atoms with E-state index in [9.17, 15) is 14.9 Å². The van der Waals surface area contributed by atoms with E-state index in [1.165, 1.54) is 18.7 Å². The normalized spacial score (nSPS) is 17.1. The van der Waals surface area contributed by atoms with Crippen molar-refractivity contribution in [3.05, 3.63) is 81.4 Å². The van der Waals surface area contributed by atoms with Crippen LogP contribution in [0.25, 0.3) is 6.08 Å². The number of nitro benzene ring substituents is 1. The fourth-order valence-electron chi connectivity index (χ4n) is 3.59. The number of methoxy groups -OCH3 is 1. The van der Waals surface area contributed by atoms with Gasteiger partial charge in [-0.2, -0.15) is 0 Å². The van der Waals surface area contributed by atoms with Gasteiger partial charge in [0.2, 0.25) is 0 Å². The molecule has 0 spiro atoms. The molecule has 1 aliphatic heterocycles. The molecule has 2 aromatic carbocycles. The van der Waals surface area contributed by atoms with Crippen LogP contribution in [0.5, 0.6) is 0 Å². The van der Waals surface area contributed by atoms with Crippen molar-refractivity contribution >= 4 is 17.7 Å². The van der Waals surface area contributed by atoms with Crippen molar-refractivity contribution in [3.8, 4) is 0 Å². The van der Waals surface area contributed by atoms with Crippen molar-refractivity contribution in [1.82, 2.24) is 4.90 Å². The van der Waals surface area contributed by atoms with Gasteiger partial charge in [0.05, 0.1) is 12.0 Å². The summed E-state index contributed by atoms with van der Waals surface area (Å²) in [6.07, 6.45) is 6.32. The molecule has 6 heteroatoms. The number of non-ortho nitro benzene ring substituents is 1. The third-order valence-electron chi connectivity index (χ3n) is 5.13. The SMILES string of the molecule is COC(=O)/C=C/c1ccc([C@@H]2CCCN2CCc2ccc([N+](=O)[O-])cc2)cc1. The number of carbonyl (C=O) groups excluding carboxylic acids is 1. The Labute approximate surface area is 164 Å². The highest BCUT2D eigenvalue weighted by molar-refractivity contribution is 5.86. The Balaban J connectivity index is 1.60. The standard InChI is InChI=1S/C22H24N2O4/c1-28-22(25)13-8-17-4-9-19(10-5-17)21-3-2-15-23(21)16-14-18-6-11-20(12-7-18)24(26)27/h4-13,21H,2-3,14-16H2,1H3/b13-8+/t21-/m0/s1. The zero-order valence-corrected chi connectivity index (χ0v) is 15.9. The van der Waals surface area contributed by atoms with Gasteiger partial charge in [-0.3, -0.25) is 15.0 Å². The second-order valence-electron chi connectivity index (χ2n) is 6.89. The first-order valence-corrected chi connectivity index (χ1v) is 9.40. The maximum absolute atomic E-state index is 11.2. The first-order valence-electron chi connectivity index (χ1n) is 9.40. The van der Waals surface area contributed by atoms with Gasteiger partial charge < -0.3 is 4.74 Å². The van der Waals surface area contributed by atoms with E-state index in [4.69, 9.17) is 0 Å². The number of likely N-dealkylation sites (tertiary alicyclic amines) is 1. The van der Waals surface area contributed by atoms with Gasteiger partial charge in [0, 0.05) is 30.8 Å². The van der Waals surface area contributed by atoms with Crippen molar-refractivity contribution in [3.63, 3.8) is 0 Å². The van der Waals surface area contributed by atoms with Gasteiger partial charge in [0.25, 0.3) is 5.69 Å². The van der Waals surface area contributed by atoms with E-state index in [2.05, 4.69) is 21.8 Å². The first-order chi connectivity index (χ1) is 13.6. The molecule has 0 aliphatic carbocycles. The molecule has 0 amide bonds. The first kappa shape index (κ1) is 19.8. The summed E-state index contributed by atoms with van der Waals surface area (Å²) < 4.78 is 4.61. The second-order valence-corrected chi connectivity index (χ2v) is 6.89. The van der Waals surface area contributed by atoms with Crippen LogP contribution in [0.4, 0.5) is 5.69 Å². The van der Waals surface area contributed by atoms with Crippen LogP contribution < -0.4 is 0 Å². The molecule has 1 fully saturated rings. The molecule has 0 aromatic heterocycles. The average molecular weight is 380 g/mol. The Kier molecular flexibility index (Phi) is 6.55. The van der Waals surface area contributed by atoms with Gasteiger partial charge in [-0.1, -0.05) is 36.4 Å². The predicted octanol–water partition coefficient (Wildman–Crippen LogP) is 4.16. The summed E-state index contributed by atoms with van der Waals surface area (Å²) in [6.45, 7) is 1.98. The Morgan fingerprint density at radius 1 is 1.21 bits per heavy atom. The summed E-state index contributed by atoms with van der Waals surface area (Å²) in [4.78, 5) is 24.1. The third-order valence-corrected chi connectivity index (χ3v) is 5.13. The summed E-state index contributed by atoms with van der Waals surface area (Å²) in [5.41, 5.74) is 3.48. The molecule has 0 saturated carbocycles. The van der Waals surface area contributed by atoms with E-state index >= 15 is 0 Å². The number of ether oxygens (including phenoxy) is 1. The highest BCUT2D eigenvalue weighted by Crippen LogP contribution is 2.32. The van der Waals surface area contributed by atoms with E-state index < -0.39 is 0 Å². The molecule has 1 atom stereocenters. The minimum absolute atomic E-state index is 0.129. The summed E-state index contributed by atoms with van der Waals surface area (Å²) >= 11 is 0. The van der Waals surface area contributed by atoms with Gasteiger partial charge >= 0.3 is 5.97 Å². The largest absolute Gasteiger partial charge is 0.466 e. The Morgan fingerprint density at radius 3 is 2.57 bits per heavy atom. The van der Waals surface area contributed by atoms with Crippen LogP contribution in [0.2, 0.25) is 0 Å². The van der Waals surface area contributed by atoms with E-state index in [0.717, 1.165) is 43.5 Å². The van der Waals surface area contributed by atoms with E-state index in [1.54, 1.807) is 18.2 Å². The van der Waals surface area contributed by atoms with Crippen LogP contribution in [0.3, 0.4) is 0 Å². The van der Waals surface area contributed by atoms with Gasteiger partial charge in [-0.05, 0) is 48.6 Å². The van der Waals surface area contributed by atoms with Crippen molar-refractivity contribution in [2.24, 2.45) is 0 Å². The van der Waals surface area contributed by atoms with Crippen LogP contribution in [0, 0.1) is 10.1 Å². The number of hydrogen-bond donors (Lipinski definition) is 0. The molecule has 146 valence electrons.